The second kappa shape index (κ2) is 22.6. The first-order chi connectivity index (χ1) is 10.7. The molecule has 0 fully saturated rings. The number of carbonyl (C=O) groups is 2. The van der Waals surface area contributed by atoms with Gasteiger partial charge in [-0.05, 0) is 12.8 Å². The zero-order valence-corrected chi connectivity index (χ0v) is 15.4. The molecule has 0 aliphatic heterocycles. The lowest BCUT2D eigenvalue weighted by Gasteiger charge is -2.02. The molecule has 0 aliphatic rings. The van der Waals surface area contributed by atoms with Crippen LogP contribution in [0.2, 0.25) is 0 Å². The first-order valence-electron chi connectivity index (χ1n) is 9.61. The van der Waals surface area contributed by atoms with Gasteiger partial charge in [-0.1, -0.05) is 91.4 Å². The SMILES string of the molecule is CCCCCCCCC(C)C=O.CCCCCCCCC=O. The Hall–Kier alpha value is -0.660. The molecule has 0 radical (unpaired) electrons. The third-order valence-corrected chi connectivity index (χ3v) is 3.92. The summed E-state index contributed by atoms with van der Waals surface area (Å²) < 4.78 is 0. The lowest BCUT2D eigenvalue weighted by Crippen LogP contribution is -1.94. The van der Waals surface area contributed by atoms with Crippen molar-refractivity contribution in [3.63, 3.8) is 0 Å². The second-order valence-electron chi connectivity index (χ2n) is 6.39. The lowest BCUT2D eigenvalue weighted by molar-refractivity contribution is -0.111. The van der Waals surface area contributed by atoms with Gasteiger partial charge < -0.3 is 9.59 Å². The van der Waals surface area contributed by atoms with Crippen LogP contribution in [-0.4, -0.2) is 12.6 Å². The van der Waals surface area contributed by atoms with Crippen molar-refractivity contribution in [1.29, 1.82) is 0 Å². The van der Waals surface area contributed by atoms with Crippen LogP contribution in [0.1, 0.15) is 111 Å². The quantitative estimate of drug-likeness (QED) is 0.255. The van der Waals surface area contributed by atoms with E-state index in [9.17, 15) is 9.59 Å². The highest BCUT2D eigenvalue weighted by Gasteiger charge is 1.98. The van der Waals surface area contributed by atoms with Crippen LogP contribution in [0.15, 0.2) is 0 Å². The second-order valence-corrected chi connectivity index (χ2v) is 6.39. The van der Waals surface area contributed by atoms with E-state index in [0.717, 1.165) is 31.8 Å². The van der Waals surface area contributed by atoms with Gasteiger partial charge in [-0.2, -0.15) is 0 Å². The largest absolute Gasteiger partial charge is 0.303 e. The van der Waals surface area contributed by atoms with Crippen LogP contribution in [0.5, 0.6) is 0 Å². The summed E-state index contributed by atoms with van der Waals surface area (Å²) in [6, 6.07) is 0. The molecule has 0 bridgehead atoms. The maximum Gasteiger partial charge on any atom is 0.122 e. The molecule has 0 rings (SSSR count). The van der Waals surface area contributed by atoms with Crippen LogP contribution in [0.4, 0.5) is 0 Å². The van der Waals surface area contributed by atoms with Crippen molar-refractivity contribution >= 4 is 12.6 Å². The minimum Gasteiger partial charge on any atom is -0.303 e. The number of aldehydes is 2. The summed E-state index contributed by atoms with van der Waals surface area (Å²) in [5.74, 6) is 0.274. The summed E-state index contributed by atoms with van der Waals surface area (Å²) in [6.07, 6.45) is 19.5. The van der Waals surface area contributed by atoms with Gasteiger partial charge in [-0.25, -0.2) is 0 Å². The monoisotopic (exact) mass is 312 g/mol. The maximum absolute atomic E-state index is 10.3. The number of carbonyl (C=O) groups excluding carboxylic acids is 2. The average molecular weight is 313 g/mol. The highest BCUT2D eigenvalue weighted by Crippen LogP contribution is 2.10. The van der Waals surface area contributed by atoms with Gasteiger partial charge in [0.2, 0.25) is 0 Å². The molecular formula is C20H40O2. The van der Waals surface area contributed by atoms with Crippen LogP contribution in [0.3, 0.4) is 0 Å². The van der Waals surface area contributed by atoms with Crippen molar-refractivity contribution < 1.29 is 9.59 Å². The van der Waals surface area contributed by atoms with E-state index in [1.54, 1.807) is 0 Å². The van der Waals surface area contributed by atoms with E-state index in [1.807, 2.05) is 6.92 Å². The van der Waals surface area contributed by atoms with Crippen molar-refractivity contribution in [1.82, 2.24) is 0 Å². The van der Waals surface area contributed by atoms with Crippen LogP contribution < -0.4 is 0 Å². The molecule has 0 aromatic carbocycles. The van der Waals surface area contributed by atoms with Gasteiger partial charge in [0.05, 0.1) is 0 Å². The summed E-state index contributed by atoms with van der Waals surface area (Å²) >= 11 is 0. The van der Waals surface area contributed by atoms with E-state index < -0.39 is 0 Å². The first-order valence-corrected chi connectivity index (χ1v) is 9.61. The summed E-state index contributed by atoms with van der Waals surface area (Å²) in [5, 5.41) is 0. The fourth-order valence-electron chi connectivity index (χ4n) is 2.32. The molecule has 0 saturated carbocycles. The Morgan fingerprint density at radius 1 is 0.682 bits per heavy atom. The molecule has 0 aromatic heterocycles. The topological polar surface area (TPSA) is 34.1 Å². The molecule has 22 heavy (non-hydrogen) atoms. The van der Waals surface area contributed by atoms with Crippen molar-refractivity contribution in [2.45, 2.75) is 111 Å². The van der Waals surface area contributed by atoms with E-state index in [4.69, 9.17) is 0 Å². The molecule has 0 N–H and O–H groups in total. The Morgan fingerprint density at radius 2 is 1.14 bits per heavy atom. The standard InChI is InChI=1S/C11H22O.C9H18O/c1-3-4-5-6-7-8-9-11(2)10-12;1-2-3-4-5-6-7-8-9-10/h10-11H,3-9H2,1-2H3;9H,2-8H2,1H3. The Bertz CT molecular complexity index is 214. The van der Waals surface area contributed by atoms with Crippen LogP contribution in [0, 0.1) is 5.92 Å². The molecule has 0 aliphatic carbocycles. The number of hydrogen-bond donors (Lipinski definition) is 0. The summed E-state index contributed by atoms with van der Waals surface area (Å²) in [4.78, 5) is 20.2. The molecule has 0 saturated heterocycles. The Balaban J connectivity index is 0. The average Bonchev–Trinajstić information content (AvgIpc) is 2.54. The predicted octanol–water partition coefficient (Wildman–Crippen LogP) is 6.51. The number of unbranched alkanes of at least 4 members (excludes halogenated alkanes) is 11. The summed E-state index contributed by atoms with van der Waals surface area (Å²) in [6.45, 7) is 6.44. The molecule has 132 valence electrons. The molecular weight excluding hydrogens is 272 g/mol. The minimum absolute atomic E-state index is 0.274. The van der Waals surface area contributed by atoms with Gasteiger partial charge in [-0.15, -0.1) is 0 Å². The summed E-state index contributed by atoms with van der Waals surface area (Å²) in [7, 11) is 0. The molecule has 1 atom stereocenters. The Morgan fingerprint density at radius 3 is 1.59 bits per heavy atom. The van der Waals surface area contributed by atoms with Crippen molar-refractivity contribution in [3.05, 3.63) is 0 Å². The van der Waals surface area contributed by atoms with Gasteiger partial charge in [0, 0.05) is 12.3 Å². The highest BCUT2D eigenvalue weighted by atomic mass is 16.1. The summed E-state index contributed by atoms with van der Waals surface area (Å²) in [5.41, 5.74) is 0. The third-order valence-electron chi connectivity index (χ3n) is 3.92. The lowest BCUT2D eigenvalue weighted by atomic mass is 10.0. The first kappa shape index (κ1) is 23.6. The molecule has 1 unspecified atom stereocenters. The molecule has 0 spiro atoms. The van der Waals surface area contributed by atoms with Crippen LogP contribution in [0.25, 0.3) is 0 Å². The molecule has 0 amide bonds. The van der Waals surface area contributed by atoms with Gasteiger partial charge in [0.25, 0.3) is 0 Å². The molecule has 2 nitrogen and oxygen atoms in total. The Kier molecular flexibility index (Phi) is 24.3. The normalized spacial score (nSPS) is 11.4. The van der Waals surface area contributed by atoms with E-state index in [2.05, 4.69) is 13.8 Å². The van der Waals surface area contributed by atoms with Gasteiger partial charge >= 0.3 is 0 Å². The molecule has 2 heteroatoms. The van der Waals surface area contributed by atoms with E-state index in [0.29, 0.717) is 0 Å². The van der Waals surface area contributed by atoms with E-state index in [-0.39, 0.29) is 5.92 Å². The van der Waals surface area contributed by atoms with Crippen molar-refractivity contribution in [3.8, 4) is 0 Å². The van der Waals surface area contributed by atoms with E-state index in [1.165, 1.54) is 70.6 Å². The van der Waals surface area contributed by atoms with E-state index >= 15 is 0 Å². The van der Waals surface area contributed by atoms with Gasteiger partial charge in [-0.3, -0.25) is 0 Å². The zero-order chi connectivity index (χ0) is 16.9. The van der Waals surface area contributed by atoms with Crippen LogP contribution in [-0.2, 0) is 9.59 Å². The zero-order valence-electron chi connectivity index (χ0n) is 15.4. The van der Waals surface area contributed by atoms with Gasteiger partial charge in [0.15, 0.2) is 0 Å². The highest BCUT2D eigenvalue weighted by molar-refractivity contribution is 5.52. The minimum atomic E-state index is 0.274. The Labute approximate surface area is 139 Å². The molecule has 0 heterocycles. The predicted molar refractivity (Wildman–Crippen MR) is 97.3 cm³/mol. The van der Waals surface area contributed by atoms with Gasteiger partial charge in [0.1, 0.15) is 12.6 Å². The fourth-order valence-corrected chi connectivity index (χ4v) is 2.32. The molecule has 0 aromatic rings. The fraction of sp³-hybridized carbons (Fsp3) is 0.900. The maximum atomic E-state index is 10.3. The number of hydrogen-bond acceptors (Lipinski definition) is 2. The van der Waals surface area contributed by atoms with Crippen molar-refractivity contribution in [2.24, 2.45) is 5.92 Å². The smallest absolute Gasteiger partial charge is 0.122 e. The third kappa shape index (κ3) is 24.4. The van der Waals surface area contributed by atoms with Crippen LogP contribution >= 0.6 is 0 Å². The van der Waals surface area contributed by atoms with Crippen molar-refractivity contribution in [2.75, 3.05) is 0 Å². The number of rotatable bonds is 15.